The number of nitrogens with one attached hydrogen (secondary N) is 1. The van der Waals surface area contributed by atoms with Gasteiger partial charge in [-0.25, -0.2) is 10.4 Å². The number of carbonyl (C=O) groups is 1. The van der Waals surface area contributed by atoms with Gasteiger partial charge in [-0.3, -0.25) is 25.0 Å². The van der Waals surface area contributed by atoms with Gasteiger partial charge in [0.05, 0.1) is 31.2 Å². The summed E-state index contributed by atoms with van der Waals surface area (Å²) >= 11 is 2.30. The second kappa shape index (κ2) is 11.6. The third kappa shape index (κ3) is 6.65. The van der Waals surface area contributed by atoms with Crippen LogP contribution in [-0.4, -0.2) is 33.6 Å². The number of carbonyl (C=O) groups excluding carboxylic acids is 1. The molecule has 4 aromatic rings. The molecule has 0 radical (unpaired) electrons. The molecule has 1 N–H and O–H groups in total. The van der Waals surface area contributed by atoms with Crippen molar-refractivity contribution in [1.29, 1.82) is 0 Å². The Bertz CT molecular complexity index is 1500. The fourth-order valence-corrected chi connectivity index (χ4v) is 5.31. The number of nitro groups is 2. The quantitative estimate of drug-likeness (QED) is 0.161. The molecule has 0 atom stereocenters. The summed E-state index contributed by atoms with van der Waals surface area (Å²) in [6.07, 6.45) is 2.20. The number of amides is 1. The molecule has 1 heterocycles. The van der Waals surface area contributed by atoms with Crippen molar-refractivity contribution in [2.24, 2.45) is 5.10 Å². The summed E-state index contributed by atoms with van der Waals surface area (Å²) in [5.41, 5.74) is 4.26. The number of non-ortho nitro benzene ring substituents is 1. The highest BCUT2D eigenvalue weighted by molar-refractivity contribution is 8.01. The first kappa shape index (κ1) is 25.7. The second-order valence-corrected chi connectivity index (χ2v) is 9.87. The van der Waals surface area contributed by atoms with E-state index in [0.717, 1.165) is 23.7 Å². The molecule has 0 aliphatic heterocycles. The first-order valence-corrected chi connectivity index (χ1v) is 12.5. The minimum Gasteiger partial charge on any atom is -0.484 e. The Kier molecular flexibility index (Phi) is 8.05. The largest absolute Gasteiger partial charge is 0.484 e. The van der Waals surface area contributed by atoms with E-state index in [0.29, 0.717) is 30.8 Å². The maximum atomic E-state index is 12.0. The highest BCUT2D eigenvalue weighted by Gasteiger charge is 2.18. The van der Waals surface area contributed by atoms with Crippen LogP contribution < -0.4 is 10.2 Å². The summed E-state index contributed by atoms with van der Waals surface area (Å²) in [6.45, 7) is 1.81. The van der Waals surface area contributed by atoms with Gasteiger partial charge >= 0.3 is 0 Å². The van der Waals surface area contributed by atoms with Crippen molar-refractivity contribution in [1.82, 2.24) is 10.4 Å². The fraction of sp³-hybridized carbons (Fsp3) is 0.125. The molecule has 1 amide bonds. The number of aromatic nitrogens is 1. The Morgan fingerprint density at radius 3 is 2.59 bits per heavy atom. The van der Waals surface area contributed by atoms with Crippen LogP contribution in [0, 0.1) is 20.2 Å². The molecule has 11 nitrogen and oxygen atoms in total. The average molecular weight is 538 g/mol. The maximum Gasteiger partial charge on any atom is 0.283 e. The van der Waals surface area contributed by atoms with Gasteiger partial charge < -0.3 is 4.74 Å². The molecule has 0 spiro atoms. The van der Waals surface area contributed by atoms with Crippen LogP contribution >= 0.6 is 23.1 Å². The number of rotatable bonds is 10. The van der Waals surface area contributed by atoms with Crippen molar-refractivity contribution in [2.75, 3.05) is 6.61 Å². The summed E-state index contributed by atoms with van der Waals surface area (Å²) in [5.74, 6) is 0.0833. The van der Waals surface area contributed by atoms with Crippen LogP contribution in [0.4, 0.5) is 11.4 Å². The summed E-state index contributed by atoms with van der Waals surface area (Å²) in [5, 5.41) is 26.5. The Morgan fingerprint density at radius 1 is 1.11 bits per heavy atom. The van der Waals surface area contributed by atoms with Crippen LogP contribution in [0.5, 0.6) is 5.75 Å². The molecule has 0 saturated carbocycles. The number of ether oxygens (including phenoxy) is 1. The fourth-order valence-electron chi connectivity index (χ4n) is 3.17. The van der Waals surface area contributed by atoms with Gasteiger partial charge in [0.25, 0.3) is 17.3 Å². The molecule has 0 bridgehead atoms. The number of hydrogen-bond acceptors (Lipinski definition) is 10. The monoisotopic (exact) mass is 537 g/mol. The van der Waals surface area contributed by atoms with Crippen LogP contribution in [-0.2, 0) is 11.2 Å². The molecule has 0 saturated heterocycles. The van der Waals surface area contributed by atoms with Crippen molar-refractivity contribution >= 4 is 56.8 Å². The number of nitro benzene ring substituents is 2. The molecule has 0 fully saturated rings. The third-order valence-corrected chi connectivity index (χ3v) is 7.19. The predicted molar refractivity (Wildman–Crippen MR) is 141 cm³/mol. The summed E-state index contributed by atoms with van der Waals surface area (Å²) in [6, 6.07) is 16.3. The lowest BCUT2D eigenvalue weighted by molar-refractivity contribution is -0.387. The molecule has 37 heavy (non-hydrogen) atoms. The molecule has 188 valence electrons. The summed E-state index contributed by atoms with van der Waals surface area (Å²) in [4.78, 5) is 38.4. The lowest BCUT2D eigenvalue weighted by Gasteiger charge is -2.05. The number of hydrogen-bond donors (Lipinski definition) is 1. The zero-order chi connectivity index (χ0) is 26.4. The molecule has 0 unspecified atom stereocenters. The van der Waals surface area contributed by atoms with E-state index in [1.54, 1.807) is 30.3 Å². The highest BCUT2D eigenvalue weighted by Crippen LogP contribution is 2.39. The van der Waals surface area contributed by atoms with Gasteiger partial charge in [-0.05, 0) is 36.2 Å². The summed E-state index contributed by atoms with van der Waals surface area (Å²) in [7, 11) is 0. The number of aryl methyl sites for hydroxylation is 1. The van der Waals surface area contributed by atoms with E-state index in [9.17, 15) is 25.0 Å². The molecular weight excluding hydrogens is 518 g/mol. The lowest BCUT2D eigenvalue weighted by Crippen LogP contribution is -2.24. The Labute approximate surface area is 218 Å². The zero-order valence-electron chi connectivity index (χ0n) is 19.3. The molecule has 1 aromatic heterocycles. The first-order chi connectivity index (χ1) is 17.8. The molecule has 3 aromatic carbocycles. The van der Waals surface area contributed by atoms with Crippen LogP contribution in [0.1, 0.15) is 18.1 Å². The van der Waals surface area contributed by atoms with Crippen molar-refractivity contribution in [3.63, 3.8) is 0 Å². The smallest absolute Gasteiger partial charge is 0.283 e. The van der Waals surface area contributed by atoms with Crippen molar-refractivity contribution < 1.29 is 19.4 Å². The van der Waals surface area contributed by atoms with Crippen LogP contribution in [0.2, 0.25) is 0 Å². The zero-order valence-corrected chi connectivity index (χ0v) is 21.0. The molecule has 4 rings (SSSR count). The van der Waals surface area contributed by atoms with E-state index in [1.165, 1.54) is 35.8 Å². The van der Waals surface area contributed by atoms with Crippen LogP contribution in [0.25, 0.3) is 10.2 Å². The van der Waals surface area contributed by atoms with E-state index in [1.807, 2.05) is 19.1 Å². The van der Waals surface area contributed by atoms with Crippen molar-refractivity contribution in [2.45, 2.75) is 22.6 Å². The minimum atomic E-state index is -0.520. The Balaban J connectivity index is 1.39. The van der Waals surface area contributed by atoms with E-state index < -0.39 is 15.8 Å². The van der Waals surface area contributed by atoms with Gasteiger partial charge in [-0.1, -0.05) is 36.9 Å². The van der Waals surface area contributed by atoms with Gasteiger partial charge in [-0.15, -0.1) is 11.3 Å². The van der Waals surface area contributed by atoms with Gasteiger partial charge in [-0.2, -0.15) is 5.10 Å². The van der Waals surface area contributed by atoms with Gasteiger partial charge in [0.2, 0.25) is 0 Å². The average Bonchev–Trinajstić information content (AvgIpc) is 3.30. The van der Waals surface area contributed by atoms with Gasteiger partial charge in [0.15, 0.2) is 10.9 Å². The lowest BCUT2D eigenvalue weighted by atomic mass is 10.2. The molecule has 0 aliphatic carbocycles. The molecule has 0 aliphatic rings. The van der Waals surface area contributed by atoms with Crippen LogP contribution in [0.3, 0.4) is 0 Å². The Hall–Kier alpha value is -4.36. The maximum absolute atomic E-state index is 12.0. The van der Waals surface area contributed by atoms with Gasteiger partial charge in [0, 0.05) is 23.8 Å². The van der Waals surface area contributed by atoms with Crippen LogP contribution in [0.15, 0.2) is 75.0 Å². The molecular formula is C24H19N5O6S2. The van der Waals surface area contributed by atoms with Gasteiger partial charge in [0.1, 0.15) is 5.75 Å². The topological polar surface area (TPSA) is 150 Å². The number of benzene rings is 3. The van der Waals surface area contributed by atoms with E-state index in [2.05, 4.69) is 15.5 Å². The predicted octanol–water partition coefficient (Wildman–Crippen LogP) is 5.36. The van der Waals surface area contributed by atoms with E-state index in [4.69, 9.17) is 4.74 Å². The standard InChI is InChI=1S/C24H19N5O6S2/c1-2-15-3-7-18(8-4-15)35-14-23(30)27-25-13-16-5-10-21(20(11-16)29(33)34)36-24-26-19-9-6-17(28(31)32)12-22(19)37-24/h3-13H,2,14H2,1H3,(H,27,30)/b25-13+. The van der Waals surface area contributed by atoms with Crippen molar-refractivity contribution in [3.05, 3.63) is 92.0 Å². The normalized spacial score (nSPS) is 11.1. The summed E-state index contributed by atoms with van der Waals surface area (Å²) < 4.78 is 6.54. The number of fused-ring (bicyclic) bond motifs is 1. The first-order valence-electron chi connectivity index (χ1n) is 10.9. The number of nitrogens with zero attached hydrogens (tertiary/aromatic N) is 4. The number of hydrazone groups is 1. The van der Waals surface area contributed by atoms with Crippen molar-refractivity contribution in [3.8, 4) is 5.75 Å². The highest BCUT2D eigenvalue weighted by atomic mass is 32.2. The third-order valence-electron chi connectivity index (χ3n) is 5.04. The minimum absolute atomic E-state index is 0.0494. The van der Waals surface area contributed by atoms with E-state index >= 15 is 0 Å². The second-order valence-electron chi connectivity index (χ2n) is 7.55. The Morgan fingerprint density at radius 2 is 1.89 bits per heavy atom. The number of thiazole rings is 1. The SMILES string of the molecule is CCc1ccc(OCC(=O)N/N=C/c2ccc(Sc3nc4ccc([N+](=O)[O-])cc4s3)c([N+](=O)[O-])c2)cc1. The van der Waals surface area contributed by atoms with E-state index in [-0.39, 0.29) is 18.0 Å². The molecule has 13 heteroatoms.